The lowest BCUT2D eigenvalue weighted by molar-refractivity contribution is 0.444. The van der Waals surface area contributed by atoms with Crippen molar-refractivity contribution in [2.24, 2.45) is 5.73 Å². The summed E-state index contributed by atoms with van der Waals surface area (Å²) < 4.78 is 0. The summed E-state index contributed by atoms with van der Waals surface area (Å²) in [5.74, 6) is 0.803. The Morgan fingerprint density at radius 1 is 1.17 bits per heavy atom. The normalized spacial score (nSPS) is 11.7. The van der Waals surface area contributed by atoms with Crippen LogP contribution < -0.4 is 11.1 Å². The highest BCUT2D eigenvalue weighted by Gasteiger charge is 2.24. The molecule has 0 unspecified atom stereocenters. The van der Waals surface area contributed by atoms with Crippen LogP contribution >= 0.6 is 0 Å². The topological polar surface area (TPSA) is 76.7 Å². The molecule has 0 radical (unpaired) electrons. The molecule has 0 bridgehead atoms. The van der Waals surface area contributed by atoms with Gasteiger partial charge in [0.15, 0.2) is 5.65 Å². The third-order valence-corrected chi connectivity index (χ3v) is 3.47. The molecule has 0 aliphatic heterocycles. The van der Waals surface area contributed by atoms with Crippen LogP contribution in [0, 0.1) is 0 Å². The largest absolute Gasteiger partial charge is 0.363 e. The molecule has 0 aromatic carbocycles. The lowest BCUT2D eigenvalue weighted by Gasteiger charge is -2.32. The molecular formula is C13H19N5. The van der Waals surface area contributed by atoms with Gasteiger partial charge in [0.1, 0.15) is 11.3 Å². The van der Waals surface area contributed by atoms with E-state index in [1.54, 1.807) is 12.4 Å². The number of rotatable bonds is 5. The van der Waals surface area contributed by atoms with Gasteiger partial charge in [-0.25, -0.2) is 9.97 Å². The van der Waals surface area contributed by atoms with Gasteiger partial charge in [-0.3, -0.25) is 4.98 Å². The molecule has 18 heavy (non-hydrogen) atoms. The highest BCUT2D eigenvalue weighted by Crippen LogP contribution is 2.21. The molecule has 5 nitrogen and oxygen atoms in total. The van der Waals surface area contributed by atoms with Crippen LogP contribution in [0.3, 0.4) is 0 Å². The Labute approximate surface area is 107 Å². The quantitative estimate of drug-likeness (QED) is 0.842. The van der Waals surface area contributed by atoms with Crippen LogP contribution in [0.2, 0.25) is 0 Å². The first-order valence-electron chi connectivity index (χ1n) is 6.29. The SMILES string of the molecule is CCC(CC)(CN)Nc1ccc2nccnc2n1. The zero-order chi connectivity index (χ0) is 13.0. The Morgan fingerprint density at radius 2 is 1.89 bits per heavy atom. The van der Waals surface area contributed by atoms with Crippen LogP contribution in [0.1, 0.15) is 26.7 Å². The van der Waals surface area contributed by atoms with E-state index in [0.717, 1.165) is 24.2 Å². The summed E-state index contributed by atoms with van der Waals surface area (Å²) in [6.07, 6.45) is 5.23. The molecule has 0 amide bonds. The van der Waals surface area contributed by atoms with Gasteiger partial charge in [-0.2, -0.15) is 0 Å². The van der Waals surface area contributed by atoms with Gasteiger partial charge in [-0.05, 0) is 25.0 Å². The highest BCUT2D eigenvalue weighted by atomic mass is 15.1. The summed E-state index contributed by atoms with van der Waals surface area (Å²) in [5.41, 5.74) is 7.23. The van der Waals surface area contributed by atoms with E-state index in [1.165, 1.54) is 0 Å². The number of fused-ring (bicyclic) bond motifs is 1. The predicted octanol–water partition coefficient (Wildman–Crippen LogP) is 1.95. The fourth-order valence-corrected chi connectivity index (χ4v) is 1.96. The Balaban J connectivity index is 2.31. The Morgan fingerprint density at radius 3 is 2.56 bits per heavy atom. The smallest absolute Gasteiger partial charge is 0.180 e. The van der Waals surface area contributed by atoms with Crippen molar-refractivity contribution in [3.8, 4) is 0 Å². The number of anilines is 1. The molecule has 0 saturated heterocycles. The number of nitrogens with zero attached hydrogens (tertiary/aromatic N) is 3. The number of hydrogen-bond acceptors (Lipinski definition) is 5. The van der Waals surface area contributed by atoms with Crippen molar-refractivity contribution in [1.82, 2.24) is 15.0 Å². The van der Waals surface area contributed by atoms with Crippen molar-refractivity contribution in [2.75, 3.05) is 11.9 Å². The average Bonchev–Trinajstić information content (AvgIpc) is 2.45. The van der Waals surface area contributed by atoms with E-state index in [0.29, 0.717) is 12.2 Å². The van der Waals surface area contributed by atoms with Crippen LogP contribution in [0.25, 0.3) is 11.2 Å². The fraction of sp³-hybridized carbons (Fsp3) is 0.462. The first-order valence-corrected chi connectivity index (χ1v) is 6.29. The van der Waals surface area contributed by atoms with Crippen molar-refractivity contribution in [3.05, 3.63) is 24.5 Å². The number of nitrogens with two attached hydrogens (primary N) is 1. The zero-order valence-electron chi connectivity index (χ0n) is 10.8. The highest BCUT2D eigenvalue weighted by molar-refractivity contribution is 5.71. The van der Waals surface area contributed by atoms with E-state index in [4.69, 9.17) is 5.73 Å². The molecule has 2 heterocycles. The maximum absolute atomic E-state index is 5.87. The maximum atomic E-state index is 5.87. The Bertz CT molecular complexity index is 513. The van der Waals surface area contributed by atoms with Crippen LogP contribution in [0.4, 0.5) is 5.82 Å². The summed E-state index contributed by atoms with van der Waals surface area (Å²) >= 11 is 0. The number of pyridine rings is 1. The van der Waals surface area contributed by atoms with Gasteiger partial charge in [0.05, 0.1) is 5.54 Å². The third-order valence-electron chi connectivity index (χ3n) is 3.47. The summed E-state index contributed by atoms with van der Waals surface area (Å²) in [7, 11) is 0. The van der Waals surface area contributed by atoms with Crippen molar-refractivity contribution in [2.45, 2.75) is 32.2 Å². The molecule has 0 spiro atoms. The minimum atomic E-state index is -0.0944. The van der Waals surface area contributed by atoms with E-state index in [2.05, 4.69) is 34.1 Å². The van der Waals surface area contributed by atoms with Gasteiger partial charge in [-0.1, -0.05) is 13.8 Å². The summed E-state index contributed by atoms with van der Waals surface area (Å²) in [4.78, 5) is 12.9. The average molecular weight is 245 g/mol. The first kappa shape index (κ1) is 12.7. The summed E-state index contributed by atoms with van der Waals surface area (Å²) in [6.45, 7) is 4.84. The van der Waals surface area contributed by atoms with Crippen LogP contribution in [-0.2, 0) is 0 Å². The second-order valence-electron chi connectivity index (χ2n) is 4.41. The summed E-state index contributed by atoms with van der Waals surface area (Å²) in [5, 5.41) is 3.43. The molecule has 2 aromatic rings. The molecule has 0 fully saturated rings. The van der Waals surface area contributed by atoms with Crippen LogP contribution in [-0.4, -0.2) is 27.0 Å². The minimum Gasteiger partial charge on any atom is -0.363 e. The third kappa shape index (κ3) is 2.41. The standard InChI is InChI=1S/C13H19N5/c1-3-13(4-2,9-14)18-11-6-5-10-12(17-11)16-8-7-15-10/h5-8H,3-4,9,14H2,1-2H3,(H,16,17,18). The molecule has 96 valence electrons. The monoisotopic (exact) mass is 245 g/mol. The zero-order valence-corrected chi connectivity index (χ0v) is 10.8. The Kier molecular flexibility index (Phi) is 3.72. The van der Waals surface area contributed by atoms with E-state index in [-0.39, 0.29) is 5.54 Å². The second kappa shape index (κ2) is 5.27. The fourth-order valence-electron chi connectivity index (χ4n) is 1.96. The van der Waals surface area contributed by atoms with Gasteiger partial charge < -0.3 is 11.1 Å². The van der Waals surface area contributed by atoms with Gasteiger partial charge in [0.25, 0.3) is 0 Å². The molecule has 3 N–H and O–H groups in total. The van der Waals surface area contributed by atoms with E-state index < -0.39 is 0 Å². The van der Waals surface area contributed by atoms with Crippen molar-refractivity contribution in [3.63, 3.8) is 0 Å². The van der Waals surface area contributed by atoms with E-state index in [9.17, 15) is 0 Å². The molecule has 2 aromatic heterocycles. The van der Waals surface area contributed by atoms with Crippen LogP contribution in [0.5, 0.6) is 0 Å². The maximum Gasteiger partial charge on any atom is 0.180 e. The van der Waals surface area contributed by atoms with Gasteiger partial charge >= 0.3 is 0 Å². The number of aromatic nitrogens is 3. The number of nitrogens with one attached hydrogen (secondary N) is 1. The predicted molar refractivity (Wildman–Crippen MR) is 73.3 cm³/mol. The van der Waals surface area contributed by atoms with Crippen molar-refractivity contribution >= 4 is 17.0 Å². The lowest BCUT2D eigenvalue weighted by atomic mass is 9.93. The van der Waals surface area contributed by atoms with Gasteiger partial charge in [-0.15, -0.1) is 0 Å². The van der Waals surface area contributed by atoms with E-state index >= 15 is 0 Å². The van der Waals surface area contributed by atoms with Crippen molar-refractivity contribution in [1.29, 1.82) is 0 Å². The first-order chi connectivity index (χ1) is 8.73. The molecule has 0 aliphatic carbocycles. The Hall–Kier alpha value is -1.75. The molecule has 0 aliphatic rings. The molecule has 5 heteroatoms. The van der Waals surface area contributed by atoms with E-state index in [1.807, 2.05) is 12.1 Å². The molecule has 2 rings (SSSR count). The lowest BCUT2D eigenvalue weighted by Crippen LogP contribution is -2.44. The minimum absolute atomic E-state index is 0.0944. The molecule has 0 atom stereocenters. The summed E-state index contributed by atoms with van der Waals surface area (Å²) in [6, 6.07) is 3.84. The van der Waals surface area contributed by atoms with Crippen molar-refractivity contribution < 1.29 is 0 Å². The molecule has 0 saturated carbocycles. The second-order valence-corrected chi connectivity index (χ2v) is 4.41. The van der Waals surface area contributed by atoms with Crippen LogP contribution in [0.15, 0.2) is 24.5 Å². The molecular weight excluding hydrogens is 226 g/mol. The number of hydrogen-bond donors (Lipinski definition) is 2. The van der Waals surface area contributed by atoms with Gasteiger partial charge in [0.2, 0.25) is 0 Å². The van der Waals surface area contributed by atoms with Gasteiger partial charge in [0, 0.05) is 18.9 Å².